The molecule has 0 radical (unpaired) electrons. The molecule has 2 heterocycles. The molecule has 22 heavy (non-hydrogen) atoms. The lowest BCUT2D eigenvalue weighted by Gasteiger charge is -2.09. The average molecular weight is 427 g/mol. The zero-order valence-electron chi connectivity index (χ0n) is 11.8. The highest BCUT2D eigenvalue weighted by Gasteiger charge is 2.38. The van der Waals surface area contributed by atoms with Crippen LogP contribution in [0, 0.1) is 17.4 Å². The fraction of sp³-hybridized carbons (Fsp3) is 0.417. The van der Waals surface area contributed by atoms with Crippen molar-refractivity contribution in [1.82, 2.24) is 20.0 Å². The largest absolute Gasteiger partial charge is 0.437 e. The molecule has 0 fully saturated rings. The second-order valence-electron chi connectivity index (χ2n) is 4.69. The number of alkyl halides is 3. The quantitative estimate of drug-likeness (QED) is 0.738. The van der Waals surface area contributed by atoms with Gasteiger partial charge < -0.3 is 5.32 Å². The van der Waals surface area contributed by atoms with Crippen LogP contribution in [0.3, 0.4) is 0 Å². The summed E-state index contributed by atoms with van der Waals surface area (Å²) in [4.78, 5) is 11.8. The third-order valence-corrected chi connectivity index (χ3v) is 3.99. The summed E-state index contributed by atoms with van der Waals surface area (Å²) in [5.41, 5.74) is -0.456. The molecule has 2 rings (SSSR count). The minimum absolute atomic E-state index is 0.0130. The monoisotopic (exact) mass is 427 g/mol. The molecule has 1 amide bonds. The van der Waals surface area contributed by atoms with E-state index in [0.717, 1.165) is 9.26 Å². The molecule has 0 aliphatic heterocycles. The predicted octanol–water partition coefficient (Wildman–Crippen LogP) is 2.88. The van der Waals surface area contributed by atoms with Crippen LogP contribution < -0.4 is 5.32 Å². The standard InChI is InChI=1S/C12H13F3IN5O/c1-6-8(16)5-21(20-6)4-3-9(22)17-10-7(2)18-19-11(10)12(13,14)15/h5H,3-4H2,1-2H3,(H,17,22)(H,18,19). The van der Waals surface area contributed by atoms with E-state index in [2.05, 4.69) is 43.2 Å². The Hall–Kier alpha value is -1.59. The Morgan fingerprint density at radius 3 is 2.68 bits per heavy atom. The van der Waals surface area contributed by atoms with Gasteiger partial charge in [-0.1, -0.05) is 0 Å². The number of H-pyrrole nitrogens is 1. The van der Waals surface area contributed by atoms with Crippen LogP contribution in [0.15, 0.2) is 6.20 Å². The number of hydrogen-bond acceptors (Lipinski definition) is 3. The van der Waals surface area contributed by atoms with Crippen molar-refractivity contribution >= 4 is 34.2 Å². The highest BCUT2D eigenvalue weighted by Crippen LogP contribution is 2.34. The Kier molecular flexibility index (Phi) is 4.78. The van der Waals surface area contributed by atoms with Gasteiger partial charge in [0.05, 0.1) is 20.6 Å². The number of nitrogens with one attached hydrogen (secondary N) is 2. The molecular formula is C12H13F3IN5O. The molecule has 6 nitrogen and oxygen atoms in total. The van der Waals surface area contributed by atoms with E-state index in [1.807, 2.05) is 6.92 Å². The first-order valence-electron chi connectivity index (χ1n) is 6.30. The summed E-state index contributed by atoms with van der Waals surface area (Å²) < 4.78 is 40.8. The number of nitrogens with zero attached hydrogens (tertiary/aromatic N) is 3. The predicted molar refractivity (Wildman–Crippen MR) is 81.3 cm³/mol. The van der Waals surface area contributed by atoms with Crippen LogP contribution in [0.1, 0.15) is 23.5 Å². The Balaban J connectivity index is 2.02. The number of anilines is 1. The van der Waals surface area contributed by atoms with Crippen molar-refractivity contribution in [3.63, 3.8) is 0 Å². The van der Waals surface area contributed by atoms with Crippen molar-refractivity contribution in [1.29, 1.82) is 0 Å². The van der Waals surface area contributed by atoms with Crippen LogP contribution in [0.5, 0.6) is 0 Å². The summed E-state index contributed by atoms with van der Waals surface area (Å²) in [7, 11) is 0. The van der Waals surface area contributed by atoms with Gasteiger partial charge in [-0.3, -0.25) is 14.6 Å². The van der Waals surface area contributed by atoms with E-state index in [4.69, 9.17) is 0 Å². The first-order chi connectivity index (χ1) is 10.2. The summed E-state index contributed by atoms with van der Waals surface area (Å²) in [5, 5.41) is 11.9. The van der Waals surface area contributed by atoms with Gasteiger partial charge >= 0.3 is 6.18 Å². The van der Waals surface area contributed by atoms with E-state index in [9.17, 15) is 18.0 Å². The summed E-state index contributed by atoms with van der Waals surface area (Å²) in [6.07, 6.45) is -2.84. The molecule has 2 aromatic heterocycles. The summed E-state index contributed by atoms with van der Waals surface area (Å²) >= 11 is 2.12. The van der Waals surface area contributed by atoms with E-state index in [-0.39, 0.29) is 24.3 Å². The minimum atomic E-state index is -4.62. The van der Waals surface area contributed by atoms with Gasteiger partial charge in [0.1, 0.15) is 0 Å². The third kappa shape index (κ3) is 3.78. The number of carbonyl (C=O) groups excluding carboxylic acids is 1. The van der Waals surface area contributed by atoms with Crippen molar-refractivity contribution < 1.29 is 18.0 Å². The van der Waals surface area contributed by atoms with E-state index in [1.54, 1.807) is 10.9 Å². The van der Waals surface area contributed by atoms with Crippen molar-refractivity contribution in [3.05, 3.63) is 26.8 Å². The fourth-order valence-electron chi connectivity index (χ4n) is 1.81. The molecule has 2 aromatic rings. The lowest BCUT2D eigenvalue weighted by molar-refractivity contribution is -0.140. The summed E-state index contributed by atoms with van der Waals surface area (Å²) in [5.74, 6) is -0.529. The molecular weight excluding hydrogens is 414 g/mol. The number of aromatic amines is 1. The van der Waals surface area contributed by atoms with Crippen LogP contribution in [-0.2, 0) is 17.5 Å². The Labute approximate surface area is 137 Å². The van der Waals surface area contributed by atoms with Gasteiger partial charge in [-0.2, -0.15) is 23.4 Å². The van der Waals surface area contributed by atoms with Gasteiger partial charge in [-0.25, -0.2) is 0 Å². The first-order valence-corrected chi connectivity index (χ1v) is 7.38. The molecule has 0 aliphatic rings. The van der Waals surface area contributed by atoms with Gasteiger partial charge in [0, 0.05) is 19.2 Å². The summed E-state index contributed by atoms with van der Waals surface area (Å²) in [6.45, 7) is 3.54. The van der Waals surface area contributed by atoms with Crippen LogP contribution in [-0.4, -0.2) is 25.9 Å². The topological polar surface area (TPSA) is 75.6 Å². The average Bonchev–Trinajstić information content (AvgIpc) is 2.91. The zero-order valence-corrected chi connectivity index (χ0v) is 13.9. The zero-order chi connectivity index (χ0) is 16.5. The Morgan fingerprint density at radius 2 is 2.14 bits per heavy atom. The summed E-state index contributed by atoms with van der Waals surface area (Å²) in [6, 6.07) is 0. The molecule has 2 N–H and O–H groups in total. The molecule has 120 valence electrons. The van der Waals surface area contributed by atoms with E-state index >= 15 is 0 Å². The van der Waals surface area contributed by atoms with Crippen molar-refractivity contribution in [2.24, 2.45) is 0 Å². The SMILES string of the molecule is Cc1nn(CCC(=O)Nc2c(C(F)(F)F)n[nH]c2C)cc1I. The van der Waals surface area contributed by atoms with E-state index in [0.29, 0.717) is 0 Å². The molecule has 0 aliphatic carbocycles. The van der Waals surface area contributed by atoms with Gasteiger partial charge in [-0.05, 0) is 36.4 Å². The number of carbonyl (C=O) groups is 1. The number of aromatic nitrogens is 4. The fourth-order valence-corrected chi connectivity index (χ4v) is 2.24. The van der Waals surface area contributed by atoms with Gasteiger partial charge in [0.2, 0.25) is 5.91 Å². The highest BCUT2D eigenvalue weighted by atomic mass is 127. The molecule has 0 bridgehead atoms. The first kappa shape index (κ1) is 16.8. The lowest BCUT2D eigenvalue weighted by Crippen LogP contribution is -2.18. The minimum Gasteiger partial charge on any atom is -0.323 e. The Bertz CT molecular complexity index is 672. The number of rotatable bonds is 4. The number of aryl methyl sites for hydroxylation is 3. The molecule has 10 heteroatoms. The maximum Gasteiger partial charge on any atom is 0.437 e. The van der Waals surface area contributed by atoms with E-state index in [1.165, 1.54) is 6.92 Å². The smallest absolute Gasteiger partial charge is 0.323 e. The van der Waals surface area contributed by atoms with Crippen molar-refractivity contribution in [2.45, 2.75) is 33.0 Å². The lowest BCUT2D eigenvalue weighted by atomic mass is 10.2. The van der Waals surface area contributed by atoms with Gasteiger partial charge in [0.15, 0.2) is 5.69 Å². The molecule has 0 atom stereocenters. The van der Waals surface area contributed by atoms with Gasteiger partial charge in [-0.15, -0.1) is 0 Å². The normalized spacial score (nSPS) is 11.7. The van der Waals surface area contributed by atoms with Crippen LogP contribution in [0.4, 0.5) is 18.9 Å². The molecule has 0 saturated heterocycles. The van der Waals surface area contributed by atoms with Crippen LogP contribution in [0.2, 0.25) is 0 Å². The second-order valence-corrected chi connectivity index (χ2v) is 5.86. The number of halogens is 4. The third-order valence-electron chi connectivity index (χ3n) is 2.93. The second kappa shape index (κ2) is 6.26. The number of amides is 1. The van der Waals surface area contributed by atoms with Crippen molar-refractivity contribution in [2.75, 3.05) is 5.32 Å². The maximum absolute atomic E-state index is 12.8. The molecule has 0 saturated carbocycles. The molecule has 0 spiro atoms. The van der Waals surface area contributed by atoms with Crippen molar-refractivity contribution in [3.8, 4) is 0 Å². The maximum atomic E-state index is 12.8. The highest BCUT2D eigenvalue weighted by molar-refractivity contribution is 14.1. The van der Waals surface area contributed by atoms with Crippen LogP contribution in [0.25, 0.3) is 0 Å². The van der Waals surface area contributed by atoms with Gasteiger partial charge in [0.25, 0.3) is 0 Å². The van der Waals surface area contributed by atoms with Crippen LogP contribution >= 0.6 is 22.6 Å². The Morgan fingerprint density at radius 1 is 1.45 bits per heavy atom. The molecule has 0 aromatic carbocycles. The number of hydrogen-bond donors (Lipinski definition) is 2. The van der Waals surface area contributed by atoms with E-state index < -0.39 is 17.8 Å². The molecule has 0 unspecified atom stereocenters.